The van der Waals surface area contributed by atoms with E-state index in [0.717, 1.165) is 12.4 Å². The minimum atomic E-state index is 0.516. The molecule has 0 bridgehead atoms. The van der Waals surface area contributed by atoms with Crippen molar-refractivity contribution in [2.75, 3.05) is 5.32 Å². The maximum atomic E-state index is 4.56. The molecule has 110 valence electrons. The smallest absolute Gasteiger partial charge is 0.203 e. The number of fused-ring (bicyclic) bond motifs is 1. The van der Waals surface area contributed by atoms with Crippen LogP contribution in [0.15, 0.2) is 36.7 Å². The lowest BCUT2D eigenvalue weighted by Gasteiger charge is -2.27. The van der Waals surface area contributed by atoms with Crippen molar-refractivity contribution in [1.82, 2.24) is 9.55 Å². The fraction of sp³-hybridized carbons (Fsp3) is 0.500. The van der Waals surface area contributed by atoms with Crippen LogP contribution in [0, 0.1) is 0 Å². The van der Waals surface area contributed by atoms with Gasteiger partial charge in [0, 0.05) is 24.5 Å². The lowest BCUT2D eigenvalue weighted by atomic mass is 9.88. The summed E-state index contributed by atoms with van der Waals surface area (Å²) in [6.07, 6.45) is 12.9. The van der Waals surface area contributed by atoms with E-state index < -0.39 is 0 Å². The summed E-state index contributed by atoms with van der Waals surface area (Å²) >= 11 is 0. The predicted molar refractivity (Wildman–Crippen MR) is 85.6 cm³/mol. The lowest BCUT2D eigenvalue weighted by Crippen LogP contribution is -2.29. The number of anilines is 1. The zero-order valence-corrected chi connectivity index (χ0v) is 12.5. The molecule has 1 aromatic heterocycles. The Morgan fingerprint density at radius 3 is 2.71 bits per heavy atom. The molecule has 1 fully saturated rings. The summed E-state index contributed by atoms with van der Waals surface area (Å²) in [4.78, 5) is 4.56. The molecule has 0 spiro atoms. The third-order valence-electron chi connectivity index (χ3n) is 5.07. The number of aryl methyl sites for hydroxylation is 1. The molecule has 0 saturated heterocycles. The fourth-order valence-corrected chi connectivity index (χ4v) is 3.91. The van der Waals surface area contributed by atoms with Gasteiger partial charge in [0.25, 0.3) is 0 Å². The summed E-state index contributed by atoms with van der Waals surface area (Å²) in [5.41, 5.74) is 3.02. The minimum Gasteiger partial charge on any atom is -0.353 e. The molecule has 3 nitrogen and oxygen atoms in total. The highest BCUT2D eigenvalue weighted by Gasteiger charge is 2.22. The van der Waals surface area contributed by atoms with Crippen LogP contribution in [0.2, 0.25) is 0 Å². The molecule has 0 amide bonds. The first-order chi connectivity index (χ1) is 10.4. The molecule has 1 aromatic carbocycles. The highest BCUT2D eigenvalue weighted by atomic mass is 15.2. The molecule has 2 aliphatic rings. The number of aromatic nitrogens is 2. The number of nitrogens with one attached hydrogen (secondary N) is 1. The Hall–Kier alpha value is -1.77. The fourth-order valence-electron chi connectivity index (χ4n) is 3.91. The Morgan fingerprint density at radius 2 is 1.86 bits per heavy atom. The number of hydrogen-bond donors (Lipinski definition) is 1. The first-order valence-corrected chi connectivity index (χ1v) is 8.26. The quantitative estimate of drug-likeness (QED) is 0.922. The van der Waals surface area contributed by atoms with Crippen molar-refractivity contribution in [2.24, 2.45) is 0 Å². The van der Waals surface area contributed by atoms with Crippen molar-refractivity contribution in [3.05, 3.63) is 47.8 Å². The van der Waals surface area contributed by atoms with Crippen LogP contribution in [-0.4, -0.2) is 15.6 Å². The van der Waals surface area contributed by atoms with Gasteiger partial charge in [-0.15, -0.1) is 0 Å². The van der Waals surface area contributed by atoms with Crippen LogP contribution in [0.25, 0.3) is 0 Å². The summed E-state index contributed by atoms with van der Waals surface area (Å²) in [7, 11) is 0. The SMILES string of the molecule is c1ccc2c(c1)CCC(Nc1nccn1C1CCCC1)C2. The van der Waals surface area contributed by atoms with Crippen molar-refractivity contribution >= 4 is 5.95 Å². The van der Waals surface area contributed by atoms with E-state index in [1.807, 2.05) is 6.20 Å². The second-order valence-electron chi connectivity index (χ2n) is 6.45. The molecule has 3 heteroatoms. The maximum Gasteiger partial charge on any atom is 0.203 e. The van der Waals surface area contributed by atoms with Gasteiger partial charge in [-0.1, -0.05) is 37.1 Å². The van der Waals surface area contributed by atoms with Crippen LogP contribution in [0.1, 0.15) is 49.3 Å². The van der Waals surface area contributed by atoms with Gasteiger partial charge in [-0.2, -0.15) is 0 Å². The number of benzene rings is 1. The normalized spacial score (nSPS) is 22.2. The van der Waals surface area contributed by atoms with Gasteiger partial charge < -0.3 is 9.88 Å². The van der Waals surface area contributed by atoms with E-state index in [0.29, 0.717) is 12.1 Å². The second-order valence-corrected chi connectivity index (χ2v) is 6.45. The van der Waals surface area contributed by atoms with Crippen LogP contribution in [0.4, 0.5) is 5.95 Å². The third-order valence-corrected chi connectivity index (χ3v) is 5.07. The standard InChI is InChI=1S/C18H23N3/c1-2-6-15-13-16(10-9-14(15)5-1)20-18-19-11-12-21(18)17-7-3-4-8-17/h1-2,5-6,11-12,16-17H,3-4,7-10,13H2,(H,19,20). The number of hydrogen-bond acceptors (Lipinski definition) is 2. The van der Waals surface area contributed by atoms with E-state index in [-0.39, 0.29) is 0 Å². The molecular formula is C18H23N3. The Balaban J connectivity index is 1.49. The van der Waals surface area contributed by atoms with E-state index in [4.69, 9.17) is 0 Å². The van der Waals surface area contributed by atoms with Crippen LogP contribution in [0.3, 0.4) is 0 Å². The largest absolute Gasteiger partial charge is 0.353 e. The first kappa shape index (κ1) is 12.9. The molecule has 0 radical (unpaired) electrons. The summed E-state index contributed by atoms with van der Waals surface area (Å²) in [5, 5.41) is 3.70. The lowest BCUT2D eigenvalue weighted by molar-refractivity contribution is 0.514. The van der Waals surface area contributed by atoms with E-state index in [2.05, 4.69) is 45.3 Å². The number of rotatable bonds is 3. The van der Waals surface area contributed by atoms with Crippen molar-refractivity contribution in [3.8, 4) is 0 Å². The molecule has 1 saturated carbocycles. The number of imidazole rings is 1. The monoisotopic (exact) mass is 281 g/mol. The topological polar surface area (TPSA) is 29.9 Å². The average molecular weight is 281 g/mol. The van der Waals surface area contributed by atoms with Gasteiger partial charge in [0.2, 0.25) is 5.95 Å². The minimum absolute atomic E-state index is 0.516. The summed E-state index contributed by atoms with van der Waals surface area (Å²) in [5.74, 6) is 1.08. The van der Waals surface area contributed by atoms with Crippen molar-refractivity contribution in [1.29, 1.82) is 0 Å². The summed E-state index contributed by atoms with van der Waals surface area (Å²) in [6, 6.07) is 10.0. The Bertz CT molecular complexity index is 610. The Morgan fingerprint density at radius 1 is 1.05 bits per heavy atom. The average Bonchev–Trinajstić information content (AvgIpc) is 3.18. The van der Waals surface area contributed by atoms with Gasteiger partial charge >= 0.3 is 0 Å². The van der Waals surface area contributed by atoms with Crippen LogP contribution >= 0.6 is 0 Å². The maximum absolute atomic E-state index is 4.56. The third kappa shape index (κ3) is 2.57. The molecule has 2 aliphatic carbocycles. The predicted octanol–water partition coefficient (Wildman–Crippen LogP) is 3.97. The highest BCUT2D eigenvalue weighted by Crippen LogP contribution is 2.32. The van der Waals surface area contributed by atoms with Crippen LogP contribution < -0.4 is 5.32 Å². The van der Waals surface area contributed by atoms with Gasteiger partial charge in [0.05, 0.1) is 0 Å². The van der Waals surface area contributed by atoms with Crippen molar-refractivity contribution in [3.63, 3.8) is 0 Å². The van der Waals surface area contributed by atoms with Gasteiger partial charge in [0.15, 0.2) is 0 Å². The first-order valence-electron chi connectivity index (χ1n) is 8.26. The van der Waals surface area contributed by atoms with Crippen LogP contribution in [0.5, 0.6) is 0 Å². The van der Waals surface area contributed by atoms with E-state index in [1.165, 1.54) is 49.7 Å². The Labute approximate surface area is 126 Å². The molecule has 1 atom stereocenters. The molecule has 0 aliphatic heterocycles. The molecule has 21 heavy (non-hydrogen) atoms. The van der Waals surface area contributed by atoms with E-state index in [1.54, 1.807) is 0 Å². The highest BCUT2D eigenvalue weighted by molar-refractivity contribution is 5.35. The molecule has 1 unspecified atom stereocenters. The van der Waals surface area contributed by atoms with Crippen molar-refractivity contribution < 1.29 is 0 Å². The Kier molecular flexibility index (Phi) is 3.42. The summed E-state index contributed by atoms with van der Waals surface area (Å²) < 4.78 is 2.37. The van der Waals surface area contributed by atoms with Gasteiger partial charge in [-0.05, 0) is 43.2 Å². The van der Waals surface area contributed by atoms with Crippen molar-refractivity contribution in [2.45, 2.75) is 57.0 Å². The molecule has 1 heterocycles. The number of nitrogens with zero attached hydrogens (tertiary/aromatic N) is 2. The summed E-state index contributed by atoms with van der Waals surface area (Å²) in [6.45, 7) is 0. The van der Waals surface area contributed by atoms with Crippen LogP contribution in [-0.2, 0) is 12.8 Å². The van der Waals surface area contributed by atoms with Gasteiger partial charge in [-0.3, -0.25) is 0 Å². The zero-order chi connectivity index (χ0) is 14.1. The van der Waals surface area contributed by atoms with Gasteiger partial charge in [0.1, 0.15) is 0 Å². The van der Waals surface area contributed by atoms with E-state index in [9.17, 15) is 0 Å². The molecule has 2 aromatic rings. The molecule has 1 N–H and O–H groups in total. The molecular weight excluding hydrogens is 258 g/mol. The second kappa shape index (κ2) is 5.55. The van der Waals surface area contributed by atoms with Gasteiger partial charge in [-0.25, -0.2) is 4.98 Å². The molecule has 4 rings (SSSR count). The van der Waals surface area contributed by atoms with E-state index >= 15 is 0 Å². The zero-order valence-electron chi connectivity index (χ0n) is 12.5.